The van der Waals surface area contributed by atoms with Gasteiger partial charge < -0.3 is 14.2 Å². The highest BCUT2D eigenvalue weighted by atomic mass is 32.2. The standard InChI is InChI=1S/C21H27N3O4S/c1-3-11-24-19(14-23(13-17-9-10-17)20(25)15-28-2)12-22-21(24)29(26,27)16-18-7-5-4-6-8-18/h3-8,12,17H,1,9-11,13-16H2,2H3. The summed E-state index contributed by atoms with van der Waals surface area (Å²) in [6.45, 7) is 4.98. The van der Waals surface area contributed by atoms with E-state index in [9.17, 15) is 13.2 Å². The molecule has 1 aromatic heterocycles. The Morgan fingerprint density at radius 2 is 2.07 bits per heavy atom. The van der Waals surface area contributed by atoms with Crippen molar-refractivity contribution in [1.29, 1.82) is 0 Å². The first-order valence-corrected chi connectivity index (χ1v) is 11.3. The van der Waals surface area contributed by atoms with Gasteiger partial charge in [0.1, 0.15) is 6.61 Å². The van der Waals surface area contributed by atoms with Gasteiger partial charge in [-0.1, -0.05) is 36.4 Å². The van der Waals surface area contributed by atoms with Gasteiger partial charge in [0.15, 0.2) is 0 Å². The predicted molar refractivity (Wildman–Crippen MR) is 110 cm³/mol. The Hall–Kier alpha value is -2.45. The number of imidazole rings is 1. The molecule has 1 heterocycles. The molecule has 8 heteroatoms. The largest absolute Gasteiger partial charge is 0.375 e. The lowest BCUT2D eigenvalue weighted by Crippen LogP contribution is -2.35. The number of carbonyl (C=O) groups is 1. The van der Waals surface area contributed by atoms with Crippen LogP contribution in [0.3, 0.4) is 0 Å². The summed E-state index contributed by atoms with van der Waals surface area (Å²) in [7, 11) is -2.16. The minimum absolute atomic E-state index is 0.00147. The number of amides is 1. The maximum absolute atomic E-state index is 13.0. The molecule has 2 aromatic rings. The third-order valence-electron chi connectivity index (χ3n) is 4.84. The minimum Gasteiger partial charge on any atom is -0.375 e. The number of benzene rings is 1. The molecule has 1 amide bonds. The average molecular weight is 418 g/mol. The van der Waals surface area contributed by atoms with Crippen molar-refractivity contribution in [3.63, 3.8) is 0 Å². The SMILES string of the molecule is C=CCn1c(CN(CC2CC2)C(=O)COC)cnc1S(=O)(=O)Cc1ccccc1. The van der Waals surface area contributed by atoms with E-state index in [1.54, 1.807) is 33.9 Å². The number of sulfone groups is 1. The van der Waals surface area contributed by atoms with Crippen LogP contribution in [0.2, 0.25) is 0 Å². The summed E-state index contributed by atoms with van der Waals surface area (Å²) in [5, 5.41) is 0.00168. The maximum atomic E-state index is 13.0. The number of aromatic nitrogens is 2. The Labute approximate surface area is 171 Å². The highest BCUT2D eigenvalue weighted by Gasteiger charge is 2.29. The second-order valence-corrected chi connectivity index (χ2v) is 9.21. The number of nitrogens with zero attached hydrogens (tertiary/aromatic N) is 3. The van der Waals surface area contributed by atoms with Gasteiger partial charge in [-0.2, -0.15) is 0 Å². The molecule has 0 saturated heterocycles. The molecule has 0 spiro atoms. The van der Waals surface area contributed by atoms with Crippen molar-refractivity contribution < 1.29 is 17.9 Å². The molecule has 29 heavy (non-hydrogen) atoms. The highest BCUT2D eigenvalue weighted by Crippen LogP contribution is 2.30. The molecule has 0 unspecified atom stereocenters. The van der Waals surface area contributed by atoms with Crippen LogP contribution in [0.1, 0.15) is 24.1 Å². The summed E-state index contributed by atoms with van der Waals surface area (Å²) in [4.78, 5) is 18.4. The van der Waals surface area contributed by atoms with Gasteiger partial charge in [0.2, 0.25) is 20.9 Å². The van der Waals surface area contributed by atoms with E-state index in [0.717, 1.165) is 12.8 Å². The van der Waals surface area contributed by atoms with Crippen LogP contribution in [-0.2, 0) is 38.2 Å². The monoisotopic (exact) mass is 417 g/mol. The quantitative estimate of drug-likeness (QED) is 0.525. The first-order valence-electron chi connectivity index (χ1n) is 9.63. The van der Waals surface area contributed by atoms with Crippen molar-refractivity contribution in [1.82, 2.24) is 14.5 Å². The zero-order valence-corrected chi connectivity index (χ0v) is 17.5. The topological polar surface area (TPSA) is 81.5 Å². The summed E-state index contributed by atoms with van der Waals surface area (Å²) in [5.74, 6) is 0.267. The van der Waals surface area contributed by atoms with Crippen LogP contribution < -0.4 is 0 Å². The van der Waals surface area contributed by atoms with Gasteiger partial charge in [-0.05, 0) is 24.3 Å². The van der Waals surface area contributed by atoms with E-state index in [1.807, 2.05) is 18.2 Å². The number of hydrogen-bond donors (Lipinski definition) is 0. The number of carbonyl (C=O) groups excluding carboxylic acids is 1. The molecular weight excluding hydrogens is 390 g/mol. The van der Waals surface area contributed by atoms with Crippen molar-refractivity contribution in [3.8, 4) is 0 Å². The minimum atomic E-state index is -3.65. The zero-order chi connectivity index (χ0) is 20.9. The fourth-order valence-electron chi connectivity index (χ4n) is 3.23. The molecule has 0 radical (unpaired) electrons. The van der Waals surface area contributed by atoms with Crippen molar-refractivity contribution in [2.75, 3.05) is 20.3 Å². The summed E-state index contributed by atoms with van der Waals surface area (Å²) in [5.41, 5.74) is 1.37. The van der Waals surface area contributed by atoms with Crippen LogP contribution in [0.15, 0.2) is 54.3 Å². The molecule has 0 aliphatic heterocycles. The van der Waals surface area contributed by atoms with E-state index in [1.165, 1.54) is 7.11 Å². The fourth-order valence-corrected chi connectivity index (χ4v) is 4.73. The molecule has 1 aliphatic rings. The van der Waals surface area contributed by atoms with E-state index in [0.29, 0.717) is 36.8 Å². The molecule has 1 saturated carbocycles. The molecular formula is C21H27N3O4S. The van der Waals surface area contributed by atoms with Gasteiger partial charge in [-0.25, -0.2) is 13.4 Å². The number of allylic oxidation sites excluding steroid dienone is 1. The molecule has 1 aromatic carbocycles. The Bertz CT molecular complexity index is 950. The Balaban J connectivity index is 1.86. The Morgan fingerprint density at radius 1 is 1.34 bits per heavy atom. The van der Waals surface area contributed by atoms with Crippen LogP contribution in [0.25, 0.3) is 0 Å². The van der Waals surface area contributed by atoms with Crippen molar-refractivity contribution in [2.45, 2.75) is 36.8 Å². The third-order valence-corrected chi connectivity index (χ3v) is 6.44. The first kappa shape index (κ1) is 21.3. The van der Waals surface area contributed by atoms with Crippen molar-refractivity contribution in [3.05, 3.63) is 60.4 Å². The molecule has 0 N–H and O–H groups in total. The molecule has 156 valence electrons. The molecule has 7 nitrogen and oxygen atoms in total. The second-order valence-electron chi connectivity index (χ2n) is 7.33. The summed E-state index contributed by atoms with van der Waals surface area (Å²) < 4.78 is 32.6. The summed E-state index contributed by atoms with van der Waals surface area (Å²) >= 11 is 0. The van der Waals surface area contributed by atoms with E-state index >= 15 is 0 Å². The molecule has 3 rings (SSSR count). The average Bonchev–Trinajstić information content (AvgIpc) is 3.41. The summed E-state index contributed by atoms with van der Waals surface area (Å²) in [6.07, 6.45) is 5.40. The lowest BCUT2D eigenvalue weighted by atomic mass is 10.2. The van der Waals surface area contributed by atoms with Crippen LogP contribution in [0.4, 0.5) is 0 Å². The van der Waals surface area contributed by atoms with Gasteiger partial charge in [-0.3, -0.25) is 4.79 Å². The summed E-state index contributed by atoms with van der Waals surface area (Å²) in [6, 6.07) is 9.02. The van der Waals surface area contributed by atoms with Gasteiger partial charge >= 0.3 is 0 Å². The lowest BCUT2D eigenvalue weighted by molar-refractivity contribution is -0.136. The maximum Gasteiger partial charge on any atom is 0.248 e. The van der Waals surface area contributed by atoms with Crippen LogP contribution in [-0.4, -0.2) is 49.0 Å². The number of rotatable bonds is 11. The smallest absolute Gasteiger partial charge is 0.248 e. The van der Waals surface area contributed by atoms with Crippen LogP contribution >= 0.6 is 0 Å². The molecule has 0 bridgehead atoms. The van der Waals surface area contributed by atoms with E-state index in [-0.39, 0.29) is 23.4 Å². The first-order chi connectivity index (χ1) is 13.9. The molecule has 1 fully saturated rings. The van der Waals surface area contributed by atoms with Gasteiger partial charge in [0, 0.05) is 20.2 Å². The number of ether oxygens (including phenoxy) is 1. The highest BCUT2D eigenvalue weighted by molar-refractivity contribution is 7.90. The van der Waals surface area contributed by atoms with Crippen molar-refractivity contribution >= 4 is 15.7 Å². The lowest BCUT2D eigenvalue weighted by Gasteiger charge is -2.23. The van der Waals surface area contributed by atoms with E-state index < -0.39 is 9.84 Å². The molecule has 0 atom stereocenters. The number of hydrogen-bond acceptors (Lipinski definition) is 5. The Kier molecular flexibility index (Phi) is 6.87. The number of methoxy groups -OCH3 is 1. The van der Waals surface area contributed by atoms with Crippen LogP contribution in [0, 0.1) is 5.92 Å². The Morgan fingerprint density at radius 3 is 2.69 bits per heavy atom. The molecule has 1 aliphatic carbocycles. The third kappa shape index (κ3) is 5.55. The fraction of sp³-hybridized carbons (Fsp3) is 0.429. The predicted octanol–water partition coefficient (Wildman–Crippen LogP) is 2.43. The van der Waals surface area contributed by atoms with Gasteiger partial charge in [0.25, 0.3) is 0 Å². The second kappa shape index (κ2) is 9.37. The van der Waals surface area contributed by atoms with Crippen LogP contribution in [0.5, 0.6) is 0 Å². The van der Waals surface area contributed by atoms with Gasteiger partial charge in [-0.15, -0.1) is 6.58 Å². The van der Waals surface area contributed by atoms with E-state index in [2.05, 4.69) is 11.6 Å². The van der Waals surface area contributed by atoms with E-state index in [4.69, 9.17) is 4.74 Å². The normalized spacial score (nSPS) is 14.0. The van der Waals surface area contributed by atoms with Gasteiger partial charge in [0.05, 0.1) is 24.2 Å². The zero-order valence-electron chi connectivity index (χ0n) is 16.7. The van der Waals surface area contributed by atoms with Crippen molar-refractivity contribution in [2.24, 2.45) is 5.92 Å².